The van der Waals surface area contributed by atoms with Crippen molar-refractivity contribution >= 4 is 11.0 Å². The number of rotatable bonds is 2. The molecule has 0 radical (unpaired) electrons. The van der Waals surface area contributed by atoms with Gasteiger partial charge in [0.05, 0.1) is 29.0 Å². The first-order chi connectivity index (χ1) is 10.7. The van der Waals surface area contributed by atoms with Gasteiger partial charge in [0.25, 0.3) is 5.89 Å². The molecule has 0 saturated carbocycles. The molecule has 0 spiro atoms. The Morgan fingerprint density at radius 2 is 1.86 bits per heavy atom. The number of ether oxygens (including phenoxy) is 1. The summed E-state index contributed by atoms with van der Waals surface area (Å²) in [6.45, 7) is 5.35. The topological polar surface area (TPSA) is 73.9 Å². The summed E-state index contributed by atoms with van der Waals surface area (Å²) < 4.78 is 10.8. The number of aromatic nitrogens is 4. The van der Waals surface area contributed by atoms with Crippen LogP contribution in [0.1, 0.15) is 29.6 Å². The number of hydrogen-bond acceptors (Lipinski definition) is 6. The Balaban J connectivity index is 1.72. The molecular formula is C16H16N4O2. The largest absolute Gasteiger partial charge is 0.381 e. The van der Waals surface area contributed by atoms with Crippen LogP contribution in [0.4, 0.5) is 0 Å². The van der Waals surface area contributed by atoms with Crippen LogP contribution in [-0.4, -0.2) is 33.3 Å². The highest BCUT2D eigenvalue weighted by Gasteiger charge is 2.23. The highest BCUT2D eigenvalue weighted by molar-refractivity contribution is 5.79. The van der Waals surface area contributed by atoms with Crippen LogP contribution in [0.25, 0.3) is 22.5 Å². The van der Waals surface area contributed by atoms with Crippen LogP contribution in [0.2, 0.25) is 0 Å². The SMILES string of the molecule is Cc1nc2ccc(-c3nc([C@H]4CCOC4)no3)cc2nc1C. The third-order valence-electron chi connectivity index (χ3n) is 4.06. The van der Waals surface area contributed by atoms with Gasteiger partial charge in [-0.05, 0) is 38.5 Å². The maximum Gasteiger partial charge on any atom is 0.258 e. The fourth-order valence-electron chi connectivity index (χ4n) is 2.62. The van der Waals surface area contributed by atoms with Crippen molar-refractivity contribution in [2.24, 2.45) is 0 Å². The number of hydrogen-bond donors (Lipinski definition) is 0. The summed E-state index contributed by atoms with van der Waals surface area (Å²) in [6, 6.07) is 5.82. The molecule has 3 heterocycles. The molecule has 1 aliphatic rings. The van der Waals surface area contributed by atoms with Gasteiger partial charge in [0, 0.05) is 18.1 Å². The second kappa shape index (κ2) is 5.14. The first-order valence-electron chi connectivity index (χ1n) is 7.37. The predicted octanol–water partition coefficient (Wildman–Crippen LogP) is 2.80. The van der Waals surface area contributed by atoms with Gasteiger partial charge in [0.1, 0.15) is 0 Å². The van der Waals surface area contributed by atoms with E-state index in [1.54, 1.807) is 0 Å². The van der Waals surface area contributed by atoms with Crippen molar-refractivity contribution in [3.05, 3.63) is 35.4 Å². The summed E-state index contributed by atoms with van der Waals surface area (Å²) in [5.74, 6) is 1.48. The molecule has 0 bridgehead atoms. The minimum Gasteiger partial charge on any atom is -0.381 e. The fraction of sp³-hybridized carbons (Fsp3) is 0.375. The van der Waals surface area contributed by atoms with E-state index in [4.69, 9.17) is 9.26 Å². The summed E-state index contributed by atoms with van der Waals surface area (Å²) >= 11 is 0. The maximum absolute atomic E-state index is 5.40. The van der Waals surface area contributed by atoms with Crippen LogP contribution in [0.15, 0.2) is 22.7 Å². The van der Waals surface area contributed by atoms with Gasteiger partial charge in [-0.1, -0.05) is 5.16 Å². The van der Waals surface area contributed by atoms with E-state index in [2.05, 4.69) is 20.1 Å². The van der Waals surface area contributed by atoms with Gasteiger partial charge in [0.15, 0.2) is 5.82 Å². The quantitative estimate of drug-likeness (QED) is 0.724. The molecule has 0 unspecified atom stereocenters. The van der Waals surface area contributed by atoms with Crippen LogP contribution in [0, 0.1) is 13.8 Å². The summed E-state index contributed by atoms with van der Waals surface area (Å²) in [6.07, 6.45) is 0.945. The van der Waals surface area contributed by atoms with Crippen molar-refractivity contribution in [1.29, 1.82) is 0 Å². The third kappa shape index (κ3) is 2.25. The van der Waals surface area contributed by atoms with E-state index < -0.39 is 0 Å². The maximum atomic E-state index is 5.40. The molecule has 0 amide bonds. The first-order valence-corrected chi connectivity index (χ1v) is 7.37. The Morgan fingerprint density at radius 1 is 1.05 bits per heavy atom. The summed E-state index contributed by atoms with van der Waals surface area (Å²) in [7, 11) is 0. The van der Waals surface area contributed by atoms with Gasteiger partial charge in [-0.25, -0.2) is 9.97 Å². The number of fused-ring (bicyclic) bond motifs is 1. The molecule has 1 fully saturated rings. The average Bonchev–Trinajstić information content (AvgIpc) is 3.19. The minimum atomic E-state index is 0.239. The van der Waals surface area contributed by atoms with Gasteiger partial charge >= 0.3 is 0 Å². The van der Waals surface area contributed by atoms with Gasteiger partial charge in [-0.3, -0.25) is 0 Å². The van der Waals surface area contributed by atoms with Crippen molar-refractivity contribution < 1.29 is 9.26 Å². The average molecular weight is 296 g/mol. The molecule has 0 N–H and O–H groups in total. The molecule has 1 aliphatic heterocycles. The zero-order chi connectivity index (χ0) is 15.1. The Hall–Kier alpha value is -2.34. The van der Waals surface area contributed by atoms with E-state index in [0.29, 0.717) is 12.5 Å². The molecule has 2 aromatic heterocycles. The van der Waals surface area contributed by atoms with Crippen molar-refractivity contribution in [2.45, 2.75) is 26.2 Å². The van der Waals surface area contributed by atoms with E-state index in [1.165, 1.54) is 0 Å². The van der Waals surface area contributed by atoms with Crippen molar-refractivity contribution in [1.82, 2.24) is 20.1 Å². The first kappa shape index (κ1) is 13.3. The van der Waals surface area contributed by atoms with Crippen LogP contribution >= 0.6 is 0 Å². The molecule has 6 heteroatoms. The summed E-state index contributed by atoms with van der Waals surface area (Å²) in [4.78, 5) is 13.6. The molecule has 1 aromatic carbocycles. The van der Waals surface area contributed by atoms with Crippen LogP contribution in [0.5, 0.6) is 0 Å². The van der Waals surface area contributed by atoms with Crippen molar-refractivity contribution in [3.63, 3.8) is 0 Å². The Kier molecular flexibility index (Phi) is 3.11. The molecule has 112 valence electrons. The lowest BCUT2D eigenvalue weighted by atomic mass is 10.1. The Bertz CT molecular complexity index is 837. The molecule has 6 nitrogen and oxygen atoms in total. The highest BCUT2D eigenvalue weighted by atomic mass is 16.5. The van der Waals surface area contributed by atoms with Crippen LogP contribution in [0.3, 0.4) is 0 Å². The van der Waals surface area contributed by atoms with Gasteiger partial charge in [-0.2, -0.15) is 4.98 Å². The van der Waals surface area contributed by atoms with Crippen molar-refractivity contribution in [2.75, 3.05) is 13.2 Å². The van der Waals surface area contributed by atoms with Gasteiger partial charge in [0.2, 0.25) is 0 Å². The van der Waals surface area contributed by atoms with E-state index in [-0.39, 0.29) is 5.92 Å². The van der Waals surface area contributed by atoms with Crippen LogP contribution in [-0.2, 0) is 4.74 Å². The molecule has 1 saturated heterocycles. The normalized spacial score (nSPS) is 18.2. The summed E-state index contributed by atoms with van der Waals surface area (Å²) in [5.41, 5.74) is 4.45. The Morgan fingerprint density at radius 3 is 2.64 bits per heavy atom. The standard InChI is InChI=1S/C16H16N4O2/c1-9-10(2)18-14-7-11(3-4-13(14)17-9)16-19-15(20-22-16)12-5-6-21-8-12/h3-4,7,12H,5-6,8H2,1-2H3/t12-/m0/s1. The van der Waals surface area contributed by atoms with Gasteiger partial charge < -0.3 is 9.26 Å². The van der Waals surface area contributed by atoms with E-state index in [9.17, 15) is 0 Å². The molecule has 4 rings (SSSR count). The number of benzene rings is 1. The van der Waals surface area contributed by atoms with E-state index in [1.807, 2.05) is 32.0 Å². The molecule has 0 aliphatic carbocycles. The van der Waals surface area contributed by atoms with E-state index >= 15 is 0 Å². The zero-order valence-corrected chi connectivity index (χ0v) is 12.5. The lowest BCUT2D eigenvalue weighted by Gasteiger charge is -2.03. The third-order valence-corrected chi connectivity index (χ3v) is 4.06. The van der Waals surface area contributed by atoms with Gasteiger partial charge in [-0.15, -0.1) is 0 Å². The predicted molar refractivity (Wildman–Crippen MR) is 80.5 cm³/mol. The highest BCUT2D eigenvalue weighted by Crippen LogP contribution is 2.27. The second-order valence-corrected chi connectivity index (χ2v) is 5.62. The zero-order valence-electron chi connectivity index (χ0n) is 12.5. The number of aryl methyl sites for hydroxylation is 2. The molecular weight excluding hydrogens is 280 g/mol. The fourth-order valence-corrected chi connectivity index (χ4v) is 2.62. The molecule has 1 atom stereocenters. The molecule has 3 aromatic rings. The van der Waals surface area contributed by atoms with E-state index in [0.717, 1.165) is 46.8 Å². The van der Waals surface area contributed by atoms with Crippen LogP contribution < -0.4 is 0 Å². The lowest BCUT2D eigenvalue weighted by Crippen LogP contribution is -1.99. The summed E-state index contributed by atoms with van der Waals surface area (Å²) in [5, 5.41) is 4.08. The van der Waals surface area contributed by atoms with Crippen molar-refractivity contribution in [3.8, 4) is 11.5 Å². The number of nitrogens with zero attached hydrogens (tertiary/aromatic N) is 4. The minimum absolute atomic E-state index is 0.239. The second-order valence-electron chi connectivity index (χ2n) is 5.62. The molecule has 22 heavy (non-hydrogen) atoms. The lowest BCUT2D eigenvalue weighted by molar-refractivity contribution is 0.192. The monoisotopic (exact) mass is 296 g/mol. The Labute approximate surface area is 127 Å². The smallest absolute Gasteiger partial charge is 0.258 e.